The number of urea groups is 1. The molecule has 0 bridgehead atoms. The van der Waals surface area contributed by atoms with Crippen LogP contribution in [0.4, 0.5) is 16.2 Å². The van der Waals surface area contributed by atoms with Crippen molar-refractivity contribution in [2.24, 2.45) is 0 Å². The van der Waals surface area contributed by atoms with E-state index < -0.39 is 0 Å². The summed E-state index contributed by atoms with van der Waals surface area (Å²) in [6.07, 6.45) is 0.125. The number of para-hydroxylation sites is 2. The van der Waals surface area contributed by atoms with Crippen LogP contribution in [0.3, 0.4) is 0 Å². The Morgan fingerprint density at radius 1 is 1.11 bits per heavy atom. The number of benzene rings is 2. The molecule has 2 aromatic rings. The normalized spacial score (nSPS) is 14.4. The molecule has 0 unspecified atom stereocenters. The highest BCUT2D eigenvalue weighted by Gasteiger charge is 2.23. The summed E-state index contributed by atoms with van der Waals surface area (Å²) < 4.78 is 5.93. The van der Waals surface area contributed by atoms with Gasteiger partial charge in [0.2, 0.25) is 0 Å². The van der Waals surface area contributed by atoms with Gasteiger partial charge in [0.15, 0.2) is 0 Å². The van der Waals surface area contributed by atoms with Crippen LogP contribution in [0.15, 0.2) is 42.5 Å². The largest absolute Gasteiger partial charge is 0.489 e. The Kier molecular flexibility index (Phi) is 6.11. The maximum Gasteiger partial charge on any atom is 0.321 e. The lowest BCUT2D eigenvalue weighted by molar-refractivity contribution is 0.207. The number of aryl methyl sites for hydroxylation is 1. The van der Waals surface area contributed by atoms with Crippen LogP contribution in [0.1, 0.15) is 19.4 Å². The summed E-state index contributed by atoms with van der Waals surface area (Å²) in [5.41, 5.74) is 2.79. The van der Waals surface area contributed by atoms with Crippen molar-refractivity contribution in [3.05, 3.63) is 53.1 Å². The molecule has 27 heavy (non-hydrogen) atoms. The maximum absolute atomic E-state index is 12.5. The number of hydrogen-bond donors (Lipinski definition) is 1. The zero-order valence-corrected chi connectivity index (χ0v) is 16.8. The number of nitrogens with one attached hydrogen (secondary N) is 1. The smallest absolute Gasteiger partial charge is 0.321 e. The molecule has 2 amide bonds. The predicted molar refractivity (Wildman–Crippen MR) is 111 cm³/mol. The van der Waals surface area contributed by atoms with Crippen molar-refractivity contribution < 1.29 is 9.53 Å². The number of ether oxygens (including phenoxy) is 1. The van der Waals surface area contributed by atoms with Crippen molar-refractivity contribution in [2.45, 2.75) is 26.9 Å². The molecule has 1 fully saturated rings. The topological polar surface area (TPSA) is 44.8 Å². The minimum Gasteiger partial charge on any atom is -0.489 e. The fourth-order valence-electron chi connectivity index (χ4n) is 3.10. The number of rotatable bonds is 4. The second-order valence-electron chi connectivity index (χ2n) is 7.00. The SMILES string of the molecule is Cc1ccc(NC(=O)N2CCN(c3ccccc3OC(C)C)CC2)cc1Cl. The second-order valence-corrected chi connectivity index (χ2v) is 7.41. The lowest BCUT2D eigenvalue weighted by Crippen LogP contribution is -2.50. The Morgan fingerprint density at radius 2 is 1.81 bits per heavy atom. The van der Waals surface area contributed by atoms with E-state index >= 15 is 0 Å². The van der Waals surface area contributed by atoms with Crippen LogP contribution < -0.4 is 15.0 Å². The molecular weight excluding hydrogens is 362 g/mol. The van der Waals surface area contributed by atoms with Gasteiger partial charge >= 0.3 is 6.03 Å². The Hall–Kier alpha value is -2.40. The molecule has 5 nitrogen and oxygen atoms in total. The molecule has 6 heteroatoms. The van der Waals surface area contributed by atoms with Crippen LogP contribution in [0, 0.1) is 6.92 Å². The van der Waals surface area contributed by atoms with Crippen molar-refractivity contribution in [1.82, 2.24) is 4.90 Å². The molecule has 0 spiro atoms. The molecule has 144 valence electrons. The highest BCUT2D eigenvalue weighted by atomic mass is 35.5. The number of amides is 2. The average Bonchev–Trinajstić information content (AvgIpc) is 2.65. The molecular formula is C21H26ClN3O2. The van der Waals surface area contributed by atoms with Crippen molar-refractivity contribution in [3.63, 3.8) is 0 Å². The van der Waals surface area contributed by atoms with Gasteiger partial charge < -0.3 is 19.9 Å². The van der Waals surface area contributed by atoms with E-state index in [2.05, 4.69) is 16.3 Å². The Bertz CT molecular complexity index is 802. The number of anilines is 2. The van der Waals surface area contributed by atoms with E-state index in [9.17, 15) is 4.79 Å². The van der Waals surface area contributed by atoms with Gasteiger partial charge in [-0.1, -0.05) is 29.8 Å². The van der Waals surface area contributed by atoms with E-state index in [1.165, 1.54) is 0 Å². The first kappa shape index (κ1) is 19.4. The Morgan fingerprint density at radius 3 is 2.48 bits per heavy atom. The zero-order chi connectivity index (χ0) is 19.4. The molecule has 2 aromatic carbocycles. The predicted octanol–water partition coefficient (Wildman–Crippen LogP) is 4.79. The van der Waals surface area contributed by atoms with Gasteiger partial charge in [-0.15, -0.1) is 0 Å². The Labute approximate surface area is 165 Å². The van der Waals surface area contributed by atoms with Crippen molar-refractivity contribution in [2.75, 3.05) is 36.4 Å². The first-order valence-corrected chi connectivity index (χ1v) is 9.64. The molecule has 1 N–H and O–H groups in total. The number of halogens is 1. The molecule has 0 radical (unpaired) electrons. The molecule has 1 saturated heterocycles. The van der Waals surface area contributed by atoms with E-state index in [0.29, 0.717) is 23.8 Å². The number of carbonyl (C=O) groups excluding carboxylic acids is 1. The quantitative estimate of drug-likeness (QED) is 0.820. The van der Waals surface area contributed by atoms with Crippen LogP contribution in [0.2, 0.25) is 5.02 Å². The third kappa shape index (κ3) is 4.86. The van der Waals surface area contributed by atoms with E-state index in [-0.39, 0.29) is 12.1 Å². The Balaban J connectivity index is 1.60. The van der Waals surface area contributed by atoms with E-state index in [1.54, 1.807) is 6.07 Å². The number of hydrogen-bond acceptors (Lipinski definition) is 3. The third-order valence-electron chi connectivity index (χ3n) is 4.56. The molecule has 1 aliphatic heterocycles. The van der Waals surface area contributed by atoms with Gasteiger partial charge in [-0.05, 0) is 50.6 Å². The van der Waals surface area contributed by atoms with Crippen LogP contribution >= 0.6 is 11.6 Å². The summed E-state index contributed by atoms with van der Waals surface area (Å²) in [6.45, 7) is 8.82. The maximum atomic E-state index is 12.5. The molecule has 0 saturated carbocycles. The average molecular weight is 388 g/mol. The van der Waals surface area contributed by atoms with Crippen LogP contribution in [-0.4, -0.2) is 43.2 Å². The van der Waals surface area contributed by atoms with Gasteiger partial charge in [-0.25, -0.2) is 4.79 Å². The molecule has 0 aliphatic carbocycles. The summed E-state index contributed by atoms with van der Waals surface area (Å²) >= 11 is 6.14. The number of carbonyl (C=O) groups is 1. The number of piperazine rings is 1. The first-order valence-electron chi connectivity index (χ1n) is 9.27. The summed E-state index contributed by atoms with van der Waals surface area (Å²) in [4.78, 5) is 16.6. The molecule has 0 atom stereocenters. The van der Waals surface area contributed by atoms with E-state index in [0.717, 1.165) is 30.1 Å². The minimum absolute atomic E-state index is 0.0960. The highest BCUT2D eigenvalue weighted by Crippen LogP contribution is 2.29. The van der Waals surface area contributed by atoms with Crippen molar-refractivity contribution in [3.8, 4) is 5.75 Å². The molecule has 1 heterocycles. The van der Waals surface area contributed by atoms with E-state index in [4.69, 9.17) is 16.3 Å². The zero-order valence-electron chi connectivity index (χ0n) is 16.0. The summed E-state index contributed by atoms with van der Waals surface area (Å²) in [6, 6.07) is 13.5. The molecule has 1 aliphatic rings. The van der Waals surface area contributed by atoms with Crippen LogP contribution in [-0.2, 0) is 0 Å². The molecule has 3 rings (SSSR count). The summed E-state index contributed by atoms with van der Waals surface area (Å²) in [7, 11) is 0. The van der Waals surface area contributed by atoms with Gasteiger partial charge in [-0.3, -0.25) is 0 Å². The van der Waals surface area contributed by atoms with Gasteiger partial charge in [0, 0.05) is 36.9 Å². The van der Waals surface area contributed by atoms with Gasteiger partial charge in [-0.2, -0.15) is 0 Å². The lowest BCUT2D eigenvalue weighted by Gasteiger charge is -2.36. The fraction of sp³-hybridized carbons (Fsp3) is 0.381. The fourth-order valence-corrected chi connectivity index (χ4v) is 3.28. The van der Waals surface area contributed by atoms with Gasteiger partial charge in [0.25, 0.3) is 0 Å². The van der Waals surface area contributed by atoms with Gasteiger partial charge in [0.05, 0.1) is 11.8 Å². The first-order chi connectivity index (χ1) is 12.9. The van der Waals surface area contributed by atoms with E-state index in [1.807, 2.05) is 56.0 Å². The number of nitrogens with zero attached hydrogens (tertiary/aromatic N) is 2. The second kappa shape index (κ2) is 8.53. The van der Waals surface area contributed by atoms with Crippen molar-refractivity contribution >= 4 is 29.0 Å². The lowest BCUT2D eigenvalue weighted by atomic mass is 10.2. The third-order valence-corrected chi connectivity index (χ3v) is 4.97. The highest BCUT2D eigenvalue weighted by molar-refractivity contribution is 6.31. The minimum atomic E-state index is -0.0960. The van der Waals surface area contributed by atoms with Crippen LogP contribution in [0.5, 0.6) is 5.75 Å². The standard InChI is InChI=1S/C21H26ClN3O2/c1-15(2)27-20-7-5-4-6-19(20)24-10-12-25(13-11-24)21(26)23-17-9-8-16(3)18(22)14-17/h4-9,14-15H,10-13H2,1-3H3,(H,23,26). The van der Waals surface area contributed by atoms with Crippen molar-refractivity contribution in [1.29, 1.82) is 0 Å². The summed E-state index contributed by atoms with van der Waals surface area (Å²) in [5, 5.41) is 3.58. The van der Waals surface area contributed by atoms with Gasteiger partial charge in [0.1, 0.15) is 5.75 Å². The summed E-state index contributed by atoms with van der Waals surface area (Å²) in [5.74, 6) is 0.889. The molecule has 0 aromatic heterocycles. The van der Waals surface area contributed by atoms with Crippen LogP contribution in [0.25, 0.3) is 0 Å². The monoisotopic (exact) mass is 387 g/mol.